The third kappa shape index (κ3) is 3.68. The van der Waals surface area contributed by atoms with E-state index in [2.05, 4.69) is 0 Å². The Labute approximate surface area is 171 Å². The second-order valence-corrected chi connectivity index (χ2v) is 12.2. The van der Waals surface area contributed by atoms with Gasteiger partial charge in [-0.1, -0.05) is 33.6 Å². The first-order valence-corrected chi connectivity index (χ1v) is 11.4. The molecule has 0 bridgehead atoms. The maximum absolute atomic E-state index is 12.9. The lowest BCUT2D eigenvalue weighted by Crippen LogP contribution is -2.40. The van der Waals surface area contributed by atoms with E-state index in [1.165, 1.54) is 26.0 Å². The van der Waals surface area contributed by atoms with E-state index in [-0.39, 0.29) is 10.3 Å². The number of benzene rings is 1. The van der Waals surface area contributed by atoms with Gasteiger partial charge in [-0.15, -0.1) is 0 Å². The molecule has 1 aliphatic rings. The first-order chi connectivity index (χ1) is 13.2. The first kappa shape index (κ1) is 21.8. The van der Waals surface area contributed by atoms with Crippen LogP contribution in [0.4, 0.5) is 0 Å². The summed E-state index contributed by atoms with van der Waals surface area (Å²) in [7, 11) is -4.10. The number of hydrogen-bond acceptors (Lipinski definition) is 5. The lowest BCUT2D eigenvalue weighted by atomic mass is 9.94. The molecule has 3 rings (SSSR count). The minimum atomic E-state index is -4.10. The van der Waals surface area contributed by atoms with Crippen molar-refractivity contribution in [1.82, 2.24) is 9.55 Å². The average Bonchev–Trinajstić information content (AvgIpc) is 3.18. The molecule has 1 fully saturated rings. The van der Waals surface area contributed by atoms with Gasteiger partial charge in [-0.2, -0.15) is 0 Å². The number of nitrogens with zero attached hydrogens (tertiary/aromatic N) is 2. The molecule has 160 valence electrons. The number of sulfone groups is 1. The van der Waals surface area contributed by atoms with Crippen molar-refractivity contribution in [2.75, 3.05) is 0 Å². The Kier molecular flexibility index (Phi) is 5.11. The molecule has 0 atom stereocenters. The van der Waals surface area contributed by atoms with E-state index in [9.17, 15) is 23.4 Å². The summed E-state index contributed by atoms with van der Waals surface area (Å²) in [6, 6.07) is 4.55. The van der Waals surface area contributed by atoms with Gasteiger partial charge in [0.25, 0.3) is 0 Å². The van der Waals surface area contributed by atoms with Gasteiger partial charge in [0.05, 0.1) is 28.1 Å². The molecule has 0 unspecified atom stereocenters. The van der Waals surface area contributed by atoms with Crippen LogP contribution in [-0.4, -0.2) is 44.5 Å². The summed E-state index contributed by atoms with van der Waals surface area (Å²) in [4.78, 5) is 16.1. The highest BCUT2D eigenvalue weighted by atomic mass is 32.2. The lowest BCUT2D eigenvalue weighted by Gasteiger charge is -2.27. The maximum Gasteiger partial charge on any atom is 0.324 e. The number of hydrogen-bond donors (Lipinski definition) is 2. The molecule has 2 aromatic rings. The van der Waals surface area contributed by atoms with Gasteiger partial charge in [-0.05, 0) is 44.9 Å². The normalized spacial score (nSPS) is 17.7. The van der Waals surface area contributed by atoms with Gasteiger partial charge < -0.3 is 14.8 Å². The van der Waals surface area contributed by atoms with E-state index in [1.54, 1.807) is 6.07 Å². The predicted molar refractivity (Wildman–Crippen MR) is 111 cm³/mol. The van der Waals surface area contributed by atoms with E-state index in [0.29, 0.717) is 12.1 Å². The zero-order valence-corrected chi connectivity index (χ0v) is 18.5. The molecule has 1 aliphatic carbocycles. The molecule has 0 spiro atoms. The van der Waals surface area contributed by atoms with Crippen molar-refractivity contribution in [1.29, 1.82) is 0 Å². The molecule has 1 saturated carbocycles. The predicted octanol–water partition coefficient (Wildman–Crippen LogP) is 3.28. The summed E-state index contributed by atoms with van der Waals surface area (Å²) in [5.74, 6) is -0.637. The number of aliphatic hydroxyl groups is 1. The van der Waals surface area contributed by atoms with Crippen LogP contribution in [0.5, 0.6) is 0 Å². The van der Waals surface area contributed by atoms with Gasteiger partial charge in [0.15, 0.2) is 14.6 Å². The fourth-order valence-electron chi connectivity index (χ4n) is 3.90. The van der Waals surface area contributed by atoms with Crippen LogP contribution in [0.15, 0.2) is 23.1 Å². The van der Waals surface area contributed by atoms with Crippen molar-refractivity contribution in [3.05, 3.63) is 24.0 Å². The summed E-state index contributed by atoms with van der Waals surface area (Å²) < 4.78 is 25.8. The molecule has 1 aromatic carbocycles. The third-order valence-electron chi connectivity index (χ3n) is 5.87. The zero-order chi connectivity index (χ0) is 21.8. The van der Waals surface area contributed by atoms with E-state index < -0.39 is 26.2 Å². The van der Waals surface area contributed by atoms with Crippen molar-refractivity contribution in [2.45, 2.75) is 87.5 Å². The monoisotopic (exact) mass is 422 g/mol. The summed E-state index contributed by atoms with van der Waals surface area (Å²) in [6.45, 7) is 8.84. The van der Waals surface area contributed by atoms with Crippen LogP contribution >= 0.6 is 0 Å². The van der Waals surface area contributed by atoms with Crippen LogP contribution in [0.2, 0.25) is 0 Å². The van der Waals surface area contributed by atoms with Crippen LogP contribution < -0.4 is 0 Å². The first-order valence-electron chi connectivity index (χ1n) is 9.90. The Morgan fingerprint density at radius 3 is 2.28 bits per heavy atom. The van der Waals surface area contributed by atoms with E-state index in [4.69, 9.17) is 4.98 Å². The number of aliphatic carboxylic acids is 1. The third-order valence-corrected chi connectivity index (χ3v) is 8.27. The number of carboxylic acids is 1. The van der Waals surface area contributed by atoms with Crippen LogP contribution in [0.25, 0.3) is 11.0 Å². The number of carbonyl (C=O) groups is 1. The van der Waals surface area contributed by atoms with Crippen molar-refractivity contribution in [3.63, 3.8) is 0 Å². The molecular formula is C21H30N2O5S. The summed E-state index contributed by atoms with van der Waals surface area (Å²) in [5, 5.41) is 20.3. The summed E-state index contributed by atoms with van der Waals surface area (Å²) >= 11 is 0. The molecule has 1 heterocycles. The van der Waals surface area contributed by atoms with Gasteiger partial charge in [-0.25, -0.2) is 13.4 Å². The topological polar surface area (TPSA) is 109 Å². The summed E-state index contributed by atoms with van der Waals surface area (Å²) in [6.07, 6.45) is 3.44. The molecule has 7 nitrogen and oxygen atoms in total. The number of carboxylic acid groups (broad SMARTS) is 1. The van der Waals surface area contributed by atoms with Crippen molar-refractivity contribution in [2.24, 2.45) is 0 Å². The Morgan fingerprint density at radius 2 is 1.76 bits per heavy atom. The van der Waals surface area contributed by atoms with Gasteiger partial charge in [0, 0.05) is 5.41 Å². The number of aromatic nitrogens is 2. The SMILES string of the molecule is CC(C)(C)c1nc2cc(S(=O)(=O)C(C)(C)C(=O)O)ccc2n1CC1(O)CCCC1. The second kappa shape index (κ2) is 6.80. The van der Waals surface area contributed by atoms with E-state index in [1.807, 2.05) is 25.3 Å². The fraction of sp³-hybridized carbons (Fsp3) is 0.619. The Bertz CT molecular complexity index is 1050. The minimum Gasteiger partial charge on any atom is -0.480 e. The molecule has 1 aromatic heterocycles. The molecule has 0 radical (unpaired) electrons. The molecule has 29 heavy (non-hydrogen) atoms. The van der Waals surface area contributed by atoms with E-state index >= 15 is 0 Å². The van der Waals surface area contributed by atoms with Gasteiger partial charge in [-0.3, -0.25) is 4.79 Å². The average molecular weight is 423 g/mol. The van der Waals surface area contributed by atoms with Crippen molar-refractivity contribution < 1.29 is 23.4 Å². The molecule has 0 aliphatic heterocycles. The fourth-order valence-corrected chi connectivity index (χ4v) is 5.24. The van der Waals surface area contributed by atoms with Crippen LogP contribution in [0.3, 0.4) is 0 Å². The molecule has 0 saturated heterocycles. The number of imidazole rings is 1. The zero-order valence-electron chi connectivity index (χ0n) is 17.7. The molecule has 0 amide bonds. The Morgan fingerprint density at radius 1 is 1.17 bits per heavy atom. The molecular weight excluding hydrogens is 392 g/mol. The minimum absolute atomic E-state index is 0.0675. The summed E-state index contributed by atoms with van der Waals surface area (Å²) in [5.41, 5.74) is 0.123. The standard InChI is InChI=1S/C21H30N2O5S/c1-19(2,3)17-22-15-12-14(29(27,28)20(4,5)18(24)25)8-9-16(15)23(17)13-21(26)10-6-7-11-21/h8-9,12,26H,6-7,10-11,13H2,1-5H3,(H,24,25). The van der Waals surface area contributed by atoms with Gasteiger partial charge >= 0.3 is 5.97 Å². The highest BCUT2D eigenvalue weighted by molar-refractivity contribution is 7.93. The quantitative estimate of drug-likeness (QED) is 0.765. The van der Waals surface area contributed by atoms with Crippen molar-refractivity contribution in [3.8, 4) is 0 Å². The highest BCUT2D eigenvalue weighted by Crippen LogP contribution is 2.36. The molecule has 8 heteroatoms. The highest BCUT2D eigenvalue weighted by Gasteiger charge is 2.43. The Balaban J connectivity index is 2.17. The number of fused-ring (bicyclic) bond motifs is 1. The van der Waals surface area contributed by atoms with Gasteiger partial charge in [0.1, 0.15) is 5.82 Å². The van der Waals surface area contributed by atoms with Crippen molar-refractivity contribution >= 4 is 26.8 Å². The van der Waals surface area contributed by atoms with Crippen LogP contribution in [0, 0.1) is 0 Å². The number of rotatable bonds is 5. The largest absolute Gasteiger partial charge is 0.480 e. The van der Waals surface area contributed by atoms with Crippen LogP contribution in [-0.2, 0) is 26.6 Å². The molecule has 2 N–H and O–H groups in total. The van der Waals surface area contributed by atoms with Crippen LogP contribution in [0.1, 0.15) is 66.1 Å². The van der Waals surface area contributed by atoms with E-state index in [0.717, 1.165) is 37.0 Å². The smallest absolute Gasteiger partial charge is 0.324 e. The second-order valence-electron chi connectivity index (χ2n) is 9.67. The Hall–Kier alpha value is -1.93. The van der Waals surface area contributed by atoms with Gasteiger partial charge in [0.2, 0.25) is 0 Å². The maximum atomic E-state index is 12.9. The lowest BCUT2D eigenvalue weighted by molar-refractivity contribution is -0.139.